The quantitative estimate of drug-likeness (QED) is 0.912. The molecule has 2 rings (SSSR count). The Hall–Kier alpha value is -1.54. The fourth-order valence-corrected chi connectivity index (χ4v) is 4.16. The van der Waals surface area contributed by atoms with Gasteiger partial charge in [-0.1, -0.05) is 12.5 Å². The fraction of sp³-hybridized carbons (Fsp3) is 0.462. The van der Waals surface area contributed by atoms with Crippen LogP contribution in [0.1, 0.15) is 19.3 Å². The van der Waals surface area contributed by atoms with Gasteiger partial charge in [0.05, 0.1) is 0 Å². The number of piperidine rings is 1. The molecule has 1 aliphatic rings. The van der Waals surface area contributed by atoms with Crippen molar-refractivity contribution in [3.05, 3.63) is 29.8 Å². The zero-order chi connectivity index (χ0) is 15.6. The van der Waals surface area contributed by atoms with E-state index in [4.69, 9.17) is 0 Å². The van der Waals surface area contributed by atoms with Crippen molar-refractivity contribution in [2.45, 2.75) is 30.2 Å². The Morgan fingerprint density at radius 1 is 1.33 bits per heavy atom. The molecule has 0 bridgehead atoms. The molecule has 0 unspecified atom stereocenters. The molecule has 21 heavy (non-hydrogen) atoms. The number of benzene rings is 1. The monoisotopic (exact) mass is 318 g/mol. The summed E-state index contributed by atoms with van der Waals surface area (Å²) >= 11 is 0. The Morgan fingerprint density at radius 2 is 2.05 bits per heavy atom. The molecule has 1 atom stereocenters. The summed E-state index contributed by atoms with van der Waals surface area (Å²) in [4.78, 5) is 11.1. The van der Waals surface area contributed by atoms with Gasteiger partial charge in [0.1, 0.15) is 10.9 Å². The fourth-order valence-electron chi connectivity index (χ4n) is 2.43. The largest absolute Gasteiger partial charge is 0.358 e. The molecule has 1 amide bonds. The van der Waals surface area contributed by atoms with Crippen LogP contribution in [0.4, 0.5) is 8.78 Å². The summed E-state index contributed by atoms with van der Waals surface area (Å²) in [5.41, 5.74) is 0. The number of likely N-dealkylation sites (N-methyl/N-ethyl adjacent to an activating group) is 1. The molecular weight excluding hydrogens is 302 g/mol. The topological polar surface area (TPSA) is 66.5 Å². The van der Waals surface area contributed by atoms with Crippen molar-refractivity contribution in [3.63, 3.8) is 0 Å². The smallest absolute Gasteiger partial charge is 0.246 e. The van der Waals surface area contributed by atoms with E-state index in [1.54, 1.807) is 0 Å². The first-order chi connectivity index (χ1) is 9.89. The van der Waals surface area contributed by atoms with E-state index < -0.39 is 38.5 Å². The summed E-state index contributed by atoms with van der Waals surface area (Å²) in [5, 5.41) is 2.40. The average molecular weight is 318 g/mol. The predicted octanol–water partition coefficient (Wildman–Crippen LogP) is 1.25. The van der Waals surface area contributed by atoms with Crippen LogP contribution in [0, 0.1) is 11.6 Å². The highest BCUT2D eigenvalue weighted by Gasteiger charge is 2.38. The number of sulfonamides is 1. The van der Waals surface area contributed by atoms with Crippen LogP contribution in [0.3, 0.4) is 0 Å². The third kappa shape index (κ3) is 2.91. The Kier molecular flexibility index (Phi) is 4.58. The van der Waals surface area contributed by atoms with E-state index in [-0.39, 0.29) is 6.54 Å². The maximum atomic E-state index is 13.8. The third-order valence-corrected chi connectivity index (χ3v) is 5.43. The van der Waals surface area contributed by atoms with Gasteiger partial charge in [0.2, 0.25) is 15.9 Å². The molecule has 1 aliphatic heterocycles. The van der Waals surface area contributed by atoms with E-state index in [0.29, 0.717) is 19.3 Å². The molecule has 116 valence electrons. The molecule has 1 aromatic carbocycles. The van der Waals surface area contributed by atoms with Crippen LogP contribution in [0.5, 0.6) is 0 Å². The minimum absolute atomic E-state index is 0.108. The SMILES string of the molecule is CNC(=O)[C@H]1CCCCN1S(=O)(=O)c1cccc(F)c1F. The molecule has 0 saturated carbocycles. The second-order valence-electron chi connectivity index (χ2n) is 4.79. The number of nitrogens with zero attached hydrogens (tertiary/aromatic N) is 1. The Bertz CT molecular complexity index is 649. The van der Waals surface area contributed by atoms with Crippen molar-refractivity contribution >= 4 is 15.9 Å². The summed E-state index contributed by atoms with van der Waals surface area (Å²) in [6, 6.07) is 2.09. The molecule has 1 fully saturated rings. The average Bonchev–Trinajstić information content (AvgIpc) is 2.49. The minimum atomic E-state index is -4.26. The first kappa shape index (κ1) is 15.8. The molecule has 8 heteroatoms. The van der Waals surface area contributed by atoms with Crippen molar-refractivity contribution in [1.29, 1.82) is 0 Å². The van der Waals surface area contributed by atoms with E-state index in [1.165, 1.54) is 7.05 Å². The number of nitrogens with one attached hydrogen (secondary N) is 1. The second kappa shape index (κ2) is 6.07. The lowest BCUT2D eigenvalue weighted by atomic mass is 10.0. The van der Waals surface area contributed by atoms with Gasteiger partial charge in [-0.2, -0.15) is 4.31 Å². The van der Waals surface area contributed by atoms with Gasteiger partial charge in [-0.05, 0) is 25.0 Å². The number of carbonyl (C=O) groups excluding carboxylic acids is 1. The lowest BCUT2D eigenvalue weighted by Gasteiger charge is -2.33. The lowest BCUT2D eigenvalue weighted by molar-refractivity contribution is -0.125. The summed E-state index contributed by atoms with van der Waals surface area (Å²) < 4.78 is 53.1. The maximum Gasteiger partial charge on any atom is 0.246 e. The van der Waals surface area contributed by atoms with Gasteiger partial charge in [-0.3, -0.25) is 4.79 Å². The highest BCUT2D eigenvalue weighted by atomic mass is 32.2. The molecule has 0 aromatic heterocycles. The Labute approximate surface area is 122 Å². The van der Waals surface area contributed by atoms with E-state index in [2.05, 4.69) is 5.32 Å². The van der Waals surface area contributed by atoms with Gasteiger partial charge >= 0.3 is 0 Å². The molecule has 0 aliphatic carbocycles. The number of rotatable bonds is 3. The van der Waals surface area contributed by atoms with Crippen molar-refractivity contribution in [2.75, 3.05) is 13.6 Å². The highest BCUT2D eigenvalue weighted by Crippen LogP contribution is 2.27. The van der Waals surface area contributed by atoms with E-state index in [0.717, 1.165) is 22.5 Å². The summed E-state index contributed by atoms with van der Waals surface area (Å²) in [5.74, 6) is -3.10. The predicted molar refractivity (Wildman–Crippen MR) is 72.0 cm³/mol. The standard InChI is InChI=1S/C13H16F2N2O3S/c1-16-13(18)10-6-2-3-8-17(10)21(19,20)11-7-4-5-9(14)12(11)15/h4-5,7,10H,2-3,6,8H2,1H3,(H,16,18)/t10-/m1/s1. The van der Waals surface area contributed by atoms with Crippen molar-refractivity contribution in [3.8, 4) is 0 Å². The van der Waals surface area contributed by atoms with Crippen LogP contribution >= 0.6 is 0 Å². The number of amides is 1. The van der Waals surface area contributed by atoms with Crippen LogP contribution in [-0.2, 0) is 14.8 Å². The van der Waals surface area contributed by atoms with Gasteiger partial charge < -0.3 is 5.32 Å². The first-order valence-corrected chi connectivity index (χ1v) is 8.01. The zero-order valence-corrected chi connectivity index (χ0v) is 12.3. The normalized spacial score (nSPS) is 20.2. The molecule has 1 N–H and O–H groups in total. The molecule has 0 spiro atoms. The zero-order valence-electron chi connectivity index (χ0n) is 11.5. The first-order valence-electron chi connectivity index (χ1n) is 6.57. The molecule has 5 nitrogen and oxygen atoms in total. The molecule has 1 saturated heterocycles. The van der Waals surface area contributed by atoms with Gasteiger partial charge in [-0.15, -0.1) is 0 Å². The summed E-state index contributed by atoms with van der Waals surface area (Å²) in [7, 11) is -2.85. The number of hydrogen-bond donors (Lipinski definition) is 1. The van der Waals surface area contributed by atoms with E-state index in [1.807, 2.05) is 0 Å². The van der Waals surface area contributed by atoms with Gasteiger partial charge in [0, 0.05) is 13.6 Å². The third-order valence-electron chi connectivity index (χ3n) is 3.51. The molecule has 1 heterocycles. The van der Waals surface area contributed by atoms with Crippen LogP contribution in [-0.4, -0.2) is 38.3 Å². The summed E-state index contributed by atoms with van der Waals surface area (Å²) in [6.07, 6.45) is 1.63. The summed E-state index contributed by atoms with van der Waals surface area (Å²) in [6.45, 7) is 0.108. The Morgan fingerprint density at radius 3 is 2.71 bits per heavy atom. The van der Waals surface area contributed by atoms with Crippen molar-refractivity contribution in [1.82, 2.24) is 9.62 Å². The van der Waals surface area contributed by atoms with Crippen LogP contribution < -0.4 is 5.32 Å². The number of hydrogen-bond acceptors (Lipinski definition) is 3. The lowest BCUT2D eigenvalue weighted by Crippen LogP contribution is -2.51. The molecule has 0 radical (unpaired) electrons. The van der Waals surface area contributed by atoms with Gasteiger partial charge in [-0.25, -0.2) is 17.2 Å². The van der Waals surface area contributed by atoms with Crippen LogP contribution in [0.2, 0.25) is 0 Å². The van der Waals surface area contributed by atoms with Gasteiger partial charge in [0.25, 0.3) is 0 Å². The number of halogens is 2. The second-order valence-corrected chi connectivity index (χ2v) is 6.65. The number of carbonyl (C=O) groups is 1. The van der Waals surface area contributed by atoms with Crippen LogP contribution in [0.25, 0.3) is 0 Å². The minimum Gasteiger partial charge on any atom is -0.358 e. The molecule has 1 aromatic rings. The van der Waals surface area contributed by atoms with Gasteiger partial charge in [0.15, 0.2) is 11.6 Å². The molecular formula is C13H16F2N2O3S. The highest BCUT2D eigenvalue weighted by molar-refractivity contribution is 7.89. The van der Waals surface area contributed by atoms with E-state index >= 15 is 0 Å². The Balaban J connectivity index is 2.46. The maximum absolute atomic E-state index is 13.8. The van der Waals surface area contributed by atoms with Crippen LogP contribution in [0.15, 0.2) is 23.1 Å². The van der Waals surface area contributed by atoms with Crippen molar-refractivity contribution < 1.29 is 22.0 Å². The van der Waals surface area contributed by atoms with E-state index in [9.17, 15) is 22.0 Å². The van der Waals surface area contributed by atoms with Crippen molar-refractivity contribution in [2.24, 2.45) is 0 Å².